The lowest BCUT2D eigenvalue weighted by atomic mass is 10.2. The standard InChI is InChI=1S/C18H15N7O3/c1-12-22-16(24-28-12)9-27-15-5-3-2-4-14(15)18(26)23-13-6-7-17(20-8-13)25-11-19-10-21-25/h2-8,10-11H,9H2,1H3,(H,23,26). The van der Waals surface area contributed by atoms with E-state index in [2.05, 4.69) is 30.5 Å². The highest BCUT2D eigenvalue weighted by Crippen LogP contribution is 2.21. The lowest BCUT2D eigenvalue weighted by Gasteiger charge is -2.10. The van der Waals surface area contributed by atoms with Crippen LogP contribution in [0.5, 0.6) is 5.75 Å². The van der Waals surface area contributed by atoms with Crippen molar-refractivity contribution in [3.05, 3.63) is 72.5 Å². The van der Waals surface area contributed by atoms with Crippen molar-refractivity contribution in [1.82, 2.24) is 29.9 Å². The summed E-state index contributed by atoms with van der Waals surface area (Å²) in [6, 6.07) is 10.4. The van der Waals surface area contributed by atoms with Crippen molar-refractivity contribution in [2.24, 2.45) is 0 Å². The third-order valence-corrected chi connectivity index (χ3v) is 3.72. The Bertz CT molecular complexity index is 1070. The van der Waals surface area contributed by atoms with Gasteiger partial charge in [-0.05, 0) is 24.3 Å². The van der Waals surface area contributed by atoms with Crippen LogP contribution in [0.25, 0.3) is 5.82 Å². The van der Waals surface area contributed by atoms with Crippen LogP contribution >= 0.6 is 0 Å². The molecule has 140 valence electrons. The fourth-order valence-corrected chi connectivity index (χ4v) is 2.44. The molecule has 3 heterocycles. The number of aromatic nitrogens is 6. The number of nitrogens with one attached hydrogen (secondary N) is 1. The van der Waals surface area contributed by atoms with Crippen LogP contribution in [0.1, 0.15) is 22.1 Å². The summed E-state index contributed by atoms with van der Waals surface area (Å²) in [4.78, 5) is 24.9. The number of benzene rings is 1. The Morgan fingerprint density at radius 2 is 2.14 bits per heavy atom. The minimum Gasteiger partial charge on any atom is -0.485 e. The van der Waals surface area contributed by atoms with Crippen LogP contribution in [0.2, 0.25) is 0 Å². The molecule has 1 amide bonds. The van der Waals surface area contributed by atoms with Gasteiger partial charge in [-0.25, -0.2) is 14.6 Å². The maximum atomic E-state index is 12.7. The molecule has 0 saturated carbocycles. The maximum absolute atomic E-state index is 12.7. The van der Waals surface area contributed by atoms with E-state index in [0.717, 1.165) is 0 Å². The van der Waals surface area contributed by atoms with Crippen molar-refractivity contribution in [2.75, 3.05) is 5.32 Å². The van der Waals surface area contributed by atoms with Crippen molar-refractivity contribution in [1.29, 1.82) is 0 Å². The Morgan fingerprint density at radius 3 is 2.86 bits per heavy atom. The molecule has 3 aromatic heterocycles. The fourth-order valence-electron chi connectivity index (χ4n) is 2.44. The second kappa shape index (κ2) is 7.66. The maximum Gasteiger partial charge on any atom is 0.259 e. The number of carbonyl (C=O) groups excluding carboxylic acids is 1. The zero-order valence-electron chi connectivity index (χ0n) is 14.8. The molecule has 0 aliphatic carbocycles. The lowest BCUT2D eigenvalue weighted by molar-refractivity contribution is 0.102. The Morgan fingerprint density at radius 1 is 1.25 bits per heavy atom. The van der Waals surface area contributed by atoms with Crippen molar-refractivity contribution in [2.45, 2.75) is 13.5 Å². The predicted molar refractivity (Wildman–Crippen MR) is 96.9 cm³/mol. The van der Waals surface area contributed by atoms with Gasteiger partial charge in [-0.15, -0.1) is 0 Å². The van der Waals surface area contributed by atoms with Gasteiger partial charge in [0.25, 0.3) is 5.91 Å². The Balaban J connectivity index is 1.46. The van der Waals surface area contributed by atoms with E-state index in [0.29, 0.717) is 34.5 Å². The Kier molecular flexibility index (Phi) is 4.74. The first-order valence-electron chi connectivity index (χ1n) is 8.32. The quantitative estimate of drug-likeness (QED) is 0.543. The molecule has 10 heteroatoms. The minimum absolute atomic E-state index is 0.0930. The SMILES string of the molecule is Cc1nc(COc2ccccc2C(=O)Nc2ccc(-n3cncn3)nc2)no1. The smallest absolute Gasteiger partial charge is 0.259 e. The molecule has 28 heavy (non-hydrogen) atoms. The van der Waals surface area contributed by atoms with Gasteiger partial charge in [-0.3, -0.25) is 4.79 Å². The first-order chi connectivity index (χ1) is 13.7. The summed E-state index contributed by atoms with van der Waals surface area (Å²) < 4.78 is 12.1. The number of aryl methyl sites for hydroxylation is 1. The molecular weight excluding hydrogens is 362 g/mol. The summed E-state index contributed by atoms with van der Waals surface area (Å²) in [6.45, 7) is 1.79. The van der Waals surface area contributed by atoms with Gasteiger partial charge in [0.2, 0.25) is 11.7 Å². The van der Waals surface area contributed by atoms with Crippen LogP contribution < -0.4 is 10.1 Å². The fraction of sp³-hybridized carbons (Fsp3) is 0.111. The summed E-state index contributed by atoms with van der Waals surface area (Å²) in [5.41, 5.74) is 0.917. The normalized spacial score (nSPS) is 10.6. The van der Waals surface area contributed by atoms with Crippen LogP contribution in [-0.2, 0) is 6.61 Å². The predicted octanol–water partition coefficient (Wildman–Crippen LogP) is 2.19. The second-order valence-corrected chi connectivity index (χ2v) is 5.71. The first kappa shape index (κ1) is 17.3. The number of carbonyl (C=O) groups is 1. The number of para-hydroxylation sites is 1. The Labute approximate surface area is 159 Å². The van der Waals surface area contributed by atoms with Crippen LogP contribution in [0.4, 0.5) is 5.69 Å². The van der Waals surface area contributed by atoms with Crippen LogP contribution in [0.15, 0.2) is 59.8 Å². The molecule has 0 aliphatic heterocycles. The second-order valence-electron chi connectivity index (χ2n) is 5.71. The van der Waals surface area contributed by atoms with E-state index in [1.54, 1.807) is 55.8 Å². The molecule has 0 radical (unpaired) electrons. The van der Waals surface area contributed by atoms with Gasteiger partial charge < -0.3 is 14.6 Å². The lowest BCUT2D eigenvalue weighted by Crippen LogP contribution is -2.14. The van der Waals surface area contributed by atoms with Crippen LogP contribution in [-0.4, -0.2) is 35.8 Å². The number of pyridine rings is 1. The zero-order chi connectivity index (χ0) is 19.3. The first-order valence-corrected chi connectivity index (χ1v) is 8.32. The zero-order valence-corrected chi connectivity index (χ0v) is 14.8. The van der Waals surface area contributed by atoms with Gasteiger partial charge in [0, 0.05) is 6.92 Å². The van der Waals surface area contributed by atoms with Gasteiger partial charge in [0.1, 0.15) is 18.4 Å². The average Bonchev–Trinajstić information content (AvgIpc) is 3.39. The van der Waals surface area contributed by atoms with Crippen molar-refractivity contribution >= 4 is 11.6 Å². The molecule has 1 aromatic carbocycles. The van der Waals surface area contributed by atoms with E-state index in [9.17, 15) is 4.79 Å². The van der Waals surface area contributed by atoms with E-state index < -0.39 is 0 Å². The monoisotopic (exact) mass is 377 g/mol. The molecule has 0 aliphatic rings. The Hall–Kier alpha value is -4.08. The molecule has 4 rings (SSSR count). The number of anilines is 1. The highest BCUT2D eigenvalue weighted by Gasteiger charge is 2.14. The van der Waals surface area contributed by atoms with Crippen molar-refractivity contribution < 1.29 is 14.1 Å². The number of hydrogen-bond acceptors (Lipinski definition) is 8. The number of ether oxygens (including phenoxy) is 1. The third kappa shape index (κ3) is 3.85. The van der Waals surface area contributed by atoms with Crippen LogP contribution in [0.3, 0.4) is 0 Å². The van der Waals surface area contributed by atoms with Gasteiger partial charge in [-0.2, -0.15) is 10.1 Å². The molecule has 4 aromatic rings. The highest BCUT2D eigenvalue weighted by molar-refractivity contribution is 6.06. The van der Waals surface area contributed by atoms with E-state index in [1.807, 2.05) is 0 Å². The molecule has 0 spiro atoms. The van der Waals surface area contributed by atoms with Gasteiger partial charge in [-0.1, -0.05) is 17.3 Å². The molecule has 1 N–H and O–H groups in total. The summed E-state index contributed by atoms with van der Waals surface area (Å²) >= 11 is 0. The minimum atomic E-state index is -0.324. The number of amides is 1. The summed E-state index contributed by atoms with van der Waals surface area (Å²) in [5, 5.41) is 10.6. The molecule has 0 atom stereocenters. The molecule has 0 fully saturated rings. The molecule has 0 bridgehead atoms. The number of hydrogen-bond donors (Lipinski definition) is 1. The molecule has 0 unspecified atom stereocenters. The van der Waals surface area contributed by atoms with Gasteiger partial charge in [0.15, 0.2) is 12.4 Å². The summed E-state index contributed by atoms with van der Waals surface area (Å²) in [7, 11) is 0. The van der Waals surface area contributed by atoms with Gasteiger partial charge in [0.05, 0.1) is 17.4 Å². The van der Waals surface area contributed by atoms with Gasteiger partial charge >= 0.3 is 0 Å². The van der Waals surface area contributed by atoms with Crippen LogP contribution in [0, 0.1) is 6.92 Å². The largest absolute Gasteiger partial charge is 0.485 e. The average molecular weight is 377 g/mol. The highest BCUT2D eigenvalue weighted by atomic mass is 16.5. The summed E-state index contributed by atoms with van der Waals surface area (Å²) in [5.74, 6) is 1.53. The van der Waals surface area contributed by atoms with Crippen molar-refractivity contribution in [3.63, 3.8) is 0 Å². The number of rotatable bonds is 6. The van der Waals surface area contributed by atoms with Crippen molar-refractivity contribution in [3.8, 4) is 11.6 Å². The van der Waals surface area contributed by atoms with E-state index in [1.165, 1.54) is 11.0 Å². The molecular formula is C18H15N7O3. The van der Waals surface area contributed by atoms with E-state index in [-0.39, 0.29) is 12.5 Å². The third-order valence-electron chi connectivity index (χ3n) is 3.72. The van der Waals surface area contributed by atoms with E-state index in [4.69, 9.17) is 9.26 Å². The topological polar surface area (TPSA) is 121 Å². The van der Waals surface area contributed by atoms with E-state index >= 15 is 0 Å². The number of nitrogens with zero attached hydrogens (tertiary/aromatic N) is 6. The molecule has 0 saturated heterocycles. The molecule has 10 nitrogen and oxygen atoms in total. The summed E-state index contributed by atoms with van der Waals surface area (Å²) in [6.07, 6.45) is 4.50.